The molecule has 0 bridgehead atoms. The number of amides is 1. The van der Waals surface area contributed by atoms with E-state index >= 15 is 0 Å². The van der Waals surface area contributed by atoms with E-state index in [-0.39, 0.29) is 5.92 Å². The van der Waals surface area contributed by atoms with Crippen LogP contribution >= 0.6 is 0 Å². The van der Waals surface area contributed by atoms with Crippen LogP contribution in [0.3, 0.4) is 0 Å². The van der Waals surface area contributed by atoms with E-state index in [0.29, 0.717) is 11.8 Å². The maximum atomic E-state index is 12.8. The van der Waals surface area contributed by atoms with Gasteiger partial charge in [-0.2, -0.15) is 0 Å². The van der Waals surface area contributed by atoms with E-state index in [1.165, 1.54) is 45.2 Å². The van der Waals surface area contributed by atoms with Crippen LogP contribution in [0, 0.1) is 5.92 Å². The van der Waals surface area contributed by atoms with Crippen LogP contribution in [-0.2, 0) is 18.4 Å². The third-order valence-electron chi connectivity index (χ3n) is 6.62. The highest BCUT2D eigenvalue weighted by Crippen LogP contribution is 2.31. The molecule has 0 radical (unpaired) electrons. The second kappa shape index (κ2) is 8.07. The monoisotopic (exact) mass is 359 g/mol. The van der Waals surface area contributed by atoms with E-state index in [9.17, 15) is 4.79 Å². The van der Waals surface area contributed by atoms with E-state index < -0.39 is 0 Å². The topological polar surface area (TPSA) is 54.3 Å². The molecular formula is C20H33N5O. The Labute approximate surface area is 156 Å². The molecule has 6 heteroatoms. The lowest BCUT2D eigenvalue weighted by Gasteiger charge is -2.34. The first-order chi connectivity index (χ1) is 12.7. The van der Waals surface area contributed by atoms with Crippen molar-refractivity contribution >= 4 is 5.91 Å². The molecule has 1 aliphatic carbocycles. The minimum absolute atomic E-state index is 0.280. The third-order valence-corrected chi connectivity index (χ3v) is 6.62. The predicted octanol–water partition coefficient (Wildman–Crippen LogP) is 2.70. The van der Waals surface area contributed by atoms with Crippen LogP contribution in [0.4, 0.5) is 0 Å². The van der Waals surface area contributed by atoms with Crippen molar-refractivity contribution in [1.82, 2.24) is 24.6 Å². The van der Waals surface area contributed by atoms with Gasteiger partial charge in [0, 0.05) is 32.0 Å². The molecule has 0 spiro atoms. The summed E-state index contributed by atoms with van der Waals surface area (Å²) in [5, 5.41) is 9.04. The van der Waals surface area contributed by atoms with Gasteiger partial charge in [0.05, 0.1) is 6.54 Å². The Morgan fingerprint density at radius 1 is 0.962 bits per heavy atom. The fourth-order valence-corrected chi connectivity index (χ4v) is 5.01. The third kappa shape index (κ3) is 3.80. The maximum Gasteiger partial charge on any atom is 0.225 e. The molecule has 1 aromatic heterocycles. The van der Waals surface area contributed by atoms with Crippen molar-refractivity contribution in [2.24, 2.45) is 13.0 Å². The quantitative estimate of drug-likeness (QED) is 0.829. The first-order valence-electron chi connectivity index (χ1n) is 10.6. The smallest absolute Gasteiger partial charge is 0.225 e. The average Bonchev–Trinajstić information content (AvgIpc) is 3.33. The fourth-order valence-electron chi connectivity index (χ4n) is 5.01. The van der Waals surface area contributed by atoms with Gasteiger partial charge in [-0.1, -0.05) is 19.3 Å². The van der Waals surface area contributed by atoms with Crippen molar-refractivity contribution < 1.29 is 4.79 Å². The molecule has 0 aromatic carbocycles. The Morgan fingerprint density at radius 3 is 2.50 bits per heavy atom. The van der Waals surface area contributed by atoms with Gasteiger partial charge in [-0.15, -0.1) is 10.2 Å². The summed E-state index contributed by atoms with van der Waals surface area (Å²) in [4.78, 5) is 17.4. The molecule has 1 atom stereocenters. The number of aromatic nitrogens is 3. The van der Waals surface area contributed by atoms with Gasteiger partial charge in [-0.25, -0.2) is 0 Å². The number of rotatable bonds is 4. The molecule has 2 saturated heterocycles. The van der Waals surface area contributed by atoms with Crippen molar-refractivity contribution in [2.45, 2.75) is 70.3 Å². The molecule has 1 aromatic rings. The van der Waals surface area contributed by atoms with Gasteiger partial charge < -0.3 is 9.47 Å². The summed E-state index contributed by atoms with van der Waals surface area (Å²) in [6.45, 7) is 5.00. The van der Waals surface area contributed by atoms with Crippen molar-refractivity contribution in [3.8, 4) is 0 Å². The number of carbonyl (C=O) groups is 1. The van der Waals surface area contributed by atoms with E-state index in [2.05, 4.69) is 31.6 Å². The summed E-state index contributed by atoms with van der Waals surface area (Å²) >= 11 is 0. The Kier molecular flexibility index (Phi) is 5.57. The number of nitrogens with zero attached hydrogens (tertiary/aromatic N) is 5. The van der Waals surface area contributed by atoms with E-state index in [1.807, 2.05) is 0 Å². The van der Waals surface area contributed by atoms with Crippen LogP contribution in [0.2, 0.25) is 0 Å². The van der Waals surface area contributed by atoms with Crippen LogP contribution in [0.25, 0.3) is 0 Å². The first kappa shape index (κ1) is 18.0. The number of hydrogen-bond donors (Lipinski definition) is 0. The van der Waals surface area contributed by atoms with Crippen LogP contribution in [-0.4, -0.2) is 56.7 Å². The largest absolute Gasteiger partial charge is 0.342 e. The highest BCUT2D eigenvalue weighted by molar-refractivity contribution is 5.79. The summed E-state index contributed by atoms with van der Waals surface area (Å²) < 4.78 is 2.20. The SMILES string of the molecule is Cn1c(CN2CCCCC2)nnc1[C@H]1CCCN(C(=O)C2CCCC2)C1. The van der Waals surface area contributed by atoms with Gasteiger partial charge in [0.25, 0.3) is 0 Å². The minimum atomic E-state index is 0.280. The zero-order valence-corrected chi connectivity index (χ0v) is 16.2. The van der Waals surface area contributed by atoms with Crippen molar-refractivity contribution in [2.75, 3.05) is 26.2 Å². The van der Waals surface area contributed by atoms with Gasteiger partial charge in [-0.3, -0.25) is 9.69 Å². The molecule has 3 heterocycles. The molecule has 1 amide bonds. The molecule has 2 aliphatic heterocycles. The molecule has 3 fully saturated rings. The molecular weight excluding hydrogens is 326 g/mol. The molecule has 4 rings (SSSR count). The summed E-state index contributed by atoms with van der Waals surface area (Å²) in [5.74, 6) is 3.15. The normalized spacial score (nSPS) is 25.7. The summed E-state index contributed by atoms with van der Waals surface area (Å²) in [7, 11) is 2.10. The molecule has 26 heavy (non-hydrogen) atoms. The van der Waals surface area contributed by atoms with Gasteiger partial charge in [0.15, 0.2) is 0 Å². The van der Waals surface area contributed by atoms with Crippen LogP contribution in [0.5, 0.6) is 0 Å². The molecule has 6 nitrogen and oxygen atoms in total. The minimum Gasteiger partial charge on any atom is -0.342 e. The van der Waals surface area contributed by atoms with Gasteiger partial charge in [-0.05, 0) is 51.6 Å². The lowest BCUT2D eigenvalue weighted by atomic mass is 9.95. The number of hydrogen-bond acceptors (Lipinski definition) is 4. The van der Waals surface area contributed by atoms with Gasteiger partial charge in [0.1, 0.15) is 11.6 Å². The van der Waals surface area contributed by atoms with Crippen molar-refractivity contribution in [1.29, 1.82) is 0 Å². The van der Waals surface area contributed by atoms with E-state index in [0.717, 1.165) is 57.0 Å². The maximum absolute atomic E-state index is 12.8. The number of piperidine rings is 2. The highest BCUT2D eigenvalue weighted by Gasteiger charge is 2.32. The summed E-state index contributed by atoms with van der Waals surface area (Å²) in [6.07, 6.45) is 10.8. The predicted molar refractivity (Wildman–Crippen MR) is 101 cm³/mol. The van der Waals surface area contributed by atoms with E-state index in [4.69, 9.17) is 0 Å². The lowest BCUT2D eigenvalue weighted by Crippen LogP contribution is -2.42. The summed E-state index contributed by atoms with van der Waals surface area (Å²) in [5.41, 5.74) is 0. The number of carbonyl (C=O) groups excluding carboxylic acids is 1. The zero-order valence-electron chi connectivity index (χ0n) is 16.2. The Morgan fingerprint density at radius 2 is 1.73 bits per heavy atom. The average molecular weight is 360 g/mol. The molecule has 3 aliphatic rings. The highest BCUT2D eigenvalue weighted by atomic mass is 16.2. The Balaban J connectivity index is 1.41. The molecule has 1 saturated carbocycles. The zero-order chi connectivity index (χ0) is 17.9. The van der Waals surface area contributed by atoms with Crippen molar-refractivity contribution in [3.05, 3.63) is 11.6 Å². The molecule has 0 unspecified atom stereocenters. The Hall–Kier alpha value is -1.43. The lowest BCUT2D eigenvalue weighted by molar-refractivity contribution is -0.136. The first-order valence-corrected chi connectivity index (χ1v) is 10.6. The second-order valence-corrected chi connectivity index (χ2v) is 8.48. The van der Waals surface area contributed by atoms with Gasteiger partial charge in [0.2, 0.25) is 5.91 Å². The van der Waals surface area contributed by atoms with Crippen molar-refractivity contribution in [3.63, 3.8) is 0 Å². The Bertz CT molecular complexity index is 616. The molecule has 0 N–H and O–H groups in total. The second-order valence-electron chi connectivity index (χ2n) is 8.48. The molecule has 144 valence electrons. The van der Waals surface area contributed by atoms with E-state index in [1.54, 1.807) is 0 Å². The summed E-state index contributed by atoms with van der Waals surface area (Å²) in [6, 6.07) is 0. The van der Waals surface area contributed by atoms with Crippen LogP contribution in [0.1, 0.15) is 75.4 Å². The van der Waals surface area contributed by atoms with Crippen LogP contribution in [0.15, 0.2) is 0 Å². The number of likely N-dealkylation sites (tertiary alicyclic amines) is 2. The fraction of sp³-hybridized carbons (Fsp3) is 0.850. The van der Waals surface area contributed by atoms with Crippen LogP contribution < -0.4 is 0 Å². The van der Waals surface area contributed by atoms with Gasteiger partial charge >= 0.3 is 0 Å². The standard InChI is InChI=1S/C20H33N5O/c1-23-18(15-24-11-5-2-6-12-24)21-22-19(23)17-10-7-13-25(14-17)20(26)16-8-3-4-9-16/h16-17H,2-15H2,1H3/t17-/m0/s1.